The van der Waals surface area contributed by atoms with E-state index < -0.39 is 0 Å². The fourth-order valence-electron chi connectivity index (χ4n) is 6.59. The quantitative estimate of drug-likeness (QED) is 0.654. The highest BCUT2D eigenvalue weighted by Crippen LogP contribution is 2.39. The lowest BCUT2D eigenvalue weighted by Gasteiger charge is -2.36. The van der Waals surface area contributed by atoms with E-state index in [1.165, 1.54) is 62.7 Å². The maximum Gasteiger partial charge on any atom is 0.223 e. The minimum atomic E-state index is -0.145. The molecule has 0 spiro atoms. The number of hydrogen-bond acceptors (Lipinski definition) is 4. The van der Waals surface area contributed by atoms with Gasteiger partial charge in [0, 0.05) is 17.6 Å². The molecule has 5 nitrogen and oxygen atoms in total. The molecule has 0 radical (unpaired) electrons. The number of nitrogens with zero attached hydrogens (tertiary/aromatic N) is 1. The number of carbonyl (C=O) groups excluding carboxylic acids is 1. The van der Waals surface area contributed by atoms with Gasteiger partial charge in [0.1, 0.15) is 5.58 Å². The van der Waals surface area contributed by atoms with Crippen molar-refractivity contribution in [2.75, 3.05) is 26.2 Å². The number of ether oxygens (including phenoxy) is 1. The maximum absolute atomic E-state index is 12.1. The number of amides is 1. The molecule has 3 fully saturated rings. The normalized spacial score (nSPS) is 28.8. The summed E-state index contributed by atoms with van der Waals surface area (Å²) in [5, 5.41) is 1.29. The molecule has 2 aromatic rings. The van der Waals surface area contributed by atoms with Gasteiger partial charge < -0.3 is 19.8 Å². The molecule has 1 saturated carbocycles. The lowest BCUT2D eigenvalue weighted by atomic mass is 9.72. The van der Waals surface area contributed by atoms with E-state index in [0.29, 0.717) is 11.8 Å². The average molecular weight is 439 g/mol. The Labute approximate surface area is 191 Å². The number of rotatable bonds is 7. The SMILES string of the molecule is NC(=O)C(C1CCC(CCN2CCC(c3coc4ccccc34)CC2)CC1)C1CCCO1. The third-order valence-electron chi connectivity index (χ3n) is 8.49. The van der Waals surface area contributed by atoms with Crippen LogP contribution in [-0.4, -0.2) is 43.2 Å². The Morgan fingerprint density at radius 2 is 1.84 bits per heavy atom. The van der Waals surface area contributed by atoms with Crippen molar-refractivity contribution in [3.05, 3.63) is 36.1 Å². The lowest BCUT2D eigenvalue weighted by Crippen LogP contribution is -2.40. The molecule has 0 bridgehead atoms. The fourth-order valence-corrected chi connectivity index (χ4v) is 6.59. The van der Waals surface area contributed by atoms with Crippen LogP contribution < -0.4 is 5.73 Å². The van der Waals surface area contributed by atoms with Crippen LogP contribution in [0.2, 0.25) is 0 Å². The van der Waals surface area contributed by atoms with Crippen molar-refractivity contribution in [2.45, 2.75) is 69.8 Å². The minimum Gasteiger partial charge on any atom is -0.464 e. The largest absolute Gasteiger partial charge is 0.464 e. The van der Waals surface area contributed by atoms with Crippen LogP contribution in [0.25, 0.3) is 11.0 Å². The number of hydrogen-bond donors (Lipinski definition) is 1. The molecular formula is C27H38N2O3. The number of para-hydroxylation sites is 1. The zero-order chi connectivity index (χ0) is 21.9. The second-order valence-corrected chi connectivity index (χ2v) is 10.4. The summed E-state index contributed by atoms with van der Waals surface area (Å²) in [5.74, 6) is 1.62. The Balaban J connectivity index is 1.06. The van der Waals surface area contributed by atoms with Gasteiger partial charge in [0.05, 0.1) is 18.3 Å². The molecule has 5 heteroatoms. The predicted molar refractivity (Wildman–Crippen MR) is 126 cm³/mol. The highest BCUT2D eigenvalue weighted by Gasteiger charge is 2.38. The third-order valence-corrected chi connectivity index (χ3v) is 8.49. The van der Waals surface area contributed by atoms with Gasteiger partial charge in [-0.05, 0) is 88.4 Å². The van der Waals surface area contributed by atoms with Crippen LogP contribution in [-0.2, 0) is 9.53 Å². The van der Waals surface area contributed by atoms with Gasteiger partial charge in [-0.15, -0.1) is 0 Å². The van der Waals surface area contributed by atoms with Crippen LogP contribution >= 0.6 is 0 Å². The average Bonchev–Trinajstić information content (AvgIpc) is 3.49. The van der Waals surface area contributed by atoms with Gasteiger partial charge in [0.15, 0.2) is 0 Å². The summed E-state index contributed by atoms with van der Waals surface area (Å²) in [6, 6.07) is 8.41. The summed E-state index contributed by atoms with van der Waals surface area (Å²) in [6.45, 7) is 4.36. The van der Waals surface area contributed by atoms with Crippen molar-refractivity contribution in [2.24, 2.45) is 23.5 Å². The molecule has 2 unspecified atom stereocenters. The highest BCUT2D eigenvalue weighted by molar-refractivity contribution is 5.81. The van der Waals surface area contributed by atoms with Crippen molar-refractivity contribution >= 4 is 16.9 Å². The standard InChI is InChI=1S/C27H38N2O3/c28-27(30)26(25-6-3-17-31-25)21-9-7-19(8-10-21)11-14-29-15-12-20(13-16-29)23-18-32-24-5-2-1-4-22(23)24/h1-2,4-5,18-21,25-26H,3,6-17H2,(H2,28,30). The Morgan fingerprint density at radius 1 is 1.06 bits per heavy atom. The number of fused-ring (bicyclic) bond motifs is 1. The van der Waals surface area contributed by atoms with Crippen molar-refractivity contribution < 1.29 is 13.9 Å². The molecule has 174 valence electrons. The number of nitrogens with two attached hydrogens (primary N) is 1. The summed E-state index contributed by atoms with van der Waals surface area (Å²) in [6.07, 6.45) is 12.6. The van der Waals surface area contributed by atoms with Gasteiger partial charge in [-0.3, -0.25) is 4.79 Å². The van der Waals surface area contributed by atoms with E-state index in [1.54, 1.807) is 0 Å². The summed E-state index contributed by atoms with van der Waals surface area (Å²) in [4.78, 5) is 14.8. The molecular weight excluding hydrogens is 400 g/mol. The van der Waals surface area contributed by atoms with E-state index >= 15 is 0 Å². The summed E-state index contributed by atoms with van der Waals surface area (Å²) in [5.41, 5.74) is 8.19. The van der Waals surface area contributed by atoms with Crippen LogP contribution in [0.5, 0.6) is 0 Å². The summed E-state index contributed by atoms with van der Waals surface area (Å²) in [7, 11) is 0. The number of likely N-dealkylation sites (tertiary alicyclic amines) is 1. The van der Waals surface area contributed by atoms with Crippen molar-refractivity contribution in [1.29, 1.82) is 0 Å². The molecule has 2 N–H and O–H groups in total. The van der Waals surface area contributed by atoms with E-state index in [4.69, 9.17) is 14.9 Å². The summed E-state index contributed by atoms with van der Waals surface area (Å²) >= 11 is 0. The first-order chi connectivity index (χ1) is 15.7. The number of piperidine rings is 1. The molecule has 32 heavy (non-hydrogen) atoms. The number of carbonyl (C=O) groups is 1. The second kappa shape index (κ2) is 9.96. The number of furan rings is 1. The molecule has 2 saturated heterocycles. The van der Waals surface area contributed by atoms with Crippen molar-refractivity contribution in [3.8, 4) is 0 Å². The molecule has 5 rings (SSSR count). The first kappa shape index (κ1) is 22.0. The van der Waals surface area contributed by atoms with Crippen LogP contribution in [0.3, 0.4) is 0 Å². The Hall–Kier alpha value is -1.85. The van der Waals surface area contributed by atoms with Crippen molar-refractivity contribution in [1.82, 2.24) is 4.90 Å². The first-order valence-electron chi connectivity index (χ1n) is 12.8. The zero-order valence-corrected chi connectivity index (χ0v) is 19.2. The number of benzene rings is 1. The molecule has 3 heterocycles. The highest BCUT2D eigenvalue weighted by atomic mass is 16.5. The maximum atomic E-state index is 12.1. The lowest BCUT2D eigenvalue weighted by molar-refractivity contribution is -0.129. The summed E-state index contributed by atoms with van der Waals surface area (Å²) < 4.78 is 11.6. The van der Waals surface area contributed by atoms with Gasteiger partial charge >= 0.3 is 0 Å². The van der Waals surface area contributed by atoms with Gasteiger partial charge in [0.25, 0.3) is 0 Å². The molecule has 1 aromatic heterocycles. The first-order valence-corrected chi connectivity index (χ1v) is 12.8. The van der Waals surface area contributed by atoms with Crippen LogP contribution in [0.1, 0.15) is 69.3 Å². The third kappa shape index (κ3) is 4.74. The fraction of sp³-hybridized carbons (Fsp3) is 0.667. The molecule has 1 aliphatic carbocycles. The number of primary amides is 1. The van der Waals surface area contributed by atoms with Crippen LogP contribution in [0.4, 0.5) is 0 Å². The molecule has 2 atom stereocenters. The van der Waals surface area contributed by atoms with Crippen molar-refractivity contribution in [3.63, 3.8) is 0 Å². The van der Waals surface area contributed by atoms with Crippen LogP contribution in [0.15, 0.2) is 34.9 Å². The Bertz CT molecular complexity index is 887. The molecule has 2 aliphatic heterocycles. The van der Waals surface area contributed by atoms with E-state index in [0.717, 1.165) is 43.8 Å². The van der Waals surface area contributed by atoms with Gasteiger partial charge in [-0.2, -0.15) is 0 Å². The monoisotopic (exact) mass is 438 g/mol. The van der Waals surface area contributed by atoms with E-state index in [2.05, 4.69) is 23.1 Å². The van der Waals surface area contributed by atoms with Crippen LogP contribution in [0, 0.1) is 17.8 Å². The minimum absolute atomic E-state index is 0.0719. The molecule has 1 aromatic carbocycles. The van der Waals surface area contributed by atoms with Gasteiger partial charge in [0.2, 0.25) is 5.91 Å². The second-order valence-electron chi connectivity index (χ2n) is 10.4. The predicted octanol–water partition coefficient (Wildman–Crippen LogP) is 5.09. The molecule has 3 aliphatic rings. The smallest absolute Gasteiger partial charge is 0.223 e. The molecule has 1 amide bonds. The van der Waals surface area contributed by atoms with Gasteiger partial charge in [-0.25, -0.2) is 0 Å². The Morgan fingerprint density at radius 3 is 2.56 bits per heavy atom. The Kier molecular flexibility index (Phi) is 6.84. The zero-order valence-electron chi connectivity index (χ0n) is 19.2. The van der Waals surface area contributed by atoms with E-state index in [1.807, 2.05) is 12.3 Å². The van der Waals surface area contributed by atoms with E-state index in [9.17, 15) is 4.79 Å². The topological polar surface area (TPSA) is 68.7 Å². The van der Waals surface area contributed by atoms with Gasteiger partial charge in [-0.1, -0.05) is 31.0 Å². The van der Waals surface area contributed by atoms with E-state index in [-0.39, 0.29) is 17.9 Å².